The summed E-state index contributed by atoms with van der Waals surface area (Å²) in [5.41, 5.74) is 2.51. The molecule has 0 bridgehead atoms. The van der Waals surface area contributed by atoms with E-state index in [9.17, 15) is 0 Å². The number of furan rings is 1. The molecule has 0 fully saturated rings. The van der Waals surface area contributed by atoms with Gasteiger partial charge in [-0.3, -0.25) is 0 Å². The Morgan fingerprint density at radius 1 is 1.18 bits per heavy atom. The van der Waals surface area contributed by atoms with Gasteiger partial charge < -0.3 is 4.42 Å². The molecule has 0 radical (unpaired) electrons. The molecule has 1 aromatic rings. The van der Waals surface area contributed by atoms with Crippen LogP contribution in [0.2, 0.25) is 0 Å². The fraction of sp³-hybridized carbons (Fsp3) is 0.600. The zero-order chi connectivity index (χ0) is 8.85. The highest BCUT2D eigenvalue weighted by molar-refractivity contribution is 5.23. The lowest BCUT2D eigenvalue weighted by Gasteiger charge is -1.83. The van der Waals surface area contributed by atoms with E-state index in [0.29, 0.717) is 0 Å². The Balaban J connectivity index is 0.000000292. The van der Waals surface area contributed by atoms with Crippen molar-refractivity contribution in [3.63, 3.8) is 0 Å². The normalized spacial score (nSPS) is 8.82. The third kappa shape index (κ3) is 3.26. The summed E-state index contributed by atoms with van der Waals surface area (Å²) in [5.74, 6) is 1.03. The van der Waals surface area contributed by atoms with Crippen LogP contribution >= 0.6 is 0 Å². The molecule has 64 valence electrons. The highest BCUT2D eigenvalue weighted by Gasteiger charge is 1.97. The van der Waals surface area contributed by atoms with Gasteiger partial charge in [0.05, 0.1) is 6.26 Å². The molecule has 1 rings (SSSR count). The monoisotopic (exact) mass is 154 g/mol. The molecule has 0 spiro atoms. The molecule has 1 heteroatoms. The van der Waals surface area contributed by atoms with Crippen molar-refractivity contribution in [1.29, 1.82) is 0 Å². The number of hydrogen-bond donors (Lipinski definition) is 0. The van der Waals surface area contributed by atoms with Gasteiger partial charge in [-0.05, 0) is 31.9 Å². The van der Waals surface area contributed by atoms with Gasteiger partial charge in [-0.25, -0.2) is 0 Å². The second-order valence-electron chi connectivity index (χ2n) is 2.81. The van der Waals surface area contributed by atoms with Gasteiger partial charge in [0.25, 0.3) is 0 Å². The van der Waals surface area contributed by atoms with Crippen LogP contribution in [0.25, 0.3) is 0 Å². The van der Waals surface area contributed by atoms with Crippen molar-refractivity contribution in [3.8, 4) is 0 Å². The Morgan fingerprint density at radius 3 is 1.73 bits per heavy atom. The standard InChI is InChI=1S/C7H10O.C3H8/c1-5-4-8-7(3)6(5)2;1-3-2/h4H,1-3H3;3H2,1-2H3. The van der Waals surface area contributed by atoms with Gasteiger partial charge in [-0.1, -0.05) is 20.3 Å². The Labute approximate surface area is 69.4 Å². The van der Waals surface area contributed by atoms with Gasteiger partial charge in [0.2, 0.25) is 0 Å². The van der Waals surface area contributed by atoms with Crippen molar-refractivity contribution >= 4 is 0 Å². The van der Waals surface area contributed by atoms with E-state index >= 15 is 0 Å². The maximum absolute atomic E-state index is 5.09. The van der Waals surface area contributed by atoms with Crippen LogP contribution in [0.3, 0.4) is 0 Å². The highest BCUT2D eigenvalue weighted by atomic mass is 16.3. The van der Waals surface area contributed by atoms with Crippen molar-refractivity contribution in [2.75, 3.05) is 0 Å². The molecule has 0 saturated carbocycles. The van der Waals surface area contributed by atoms with E-state index in [2.05, 4.69) is 20.8 Å². The maximum Gasteiger partial charge on any atom is 0.103 e. The van der Waals surface area contributed by atoms with Gasteiger partial charge in [0.1, 0.15) is 5.76 Å². The average Bonchev–Trinajstić information content (AvgIpc) is 2.22. The summed E-state index contributed by atoms with van der Waals surface area (Å²) in [4.78, 5) is 0. The summed E-state index contributed by atoms with van der Waals surface area (Å²) >= 11 is 0. The molecule has 0 atom stereocenters. The Kier molecular flexibility index (Phi) is 4.67. The molecular formula is C10H18O. The second kappa shape index (κ2) is 5.00. The Hall–Kier alpha value is -0.720. The number of rotatable bonds is 0. The summed E-state index contributed by atoms with van der Waals surface area (Å²) < 4.78 is 5.09. The van der Waals surface area contributed by atoms with E-state index in [-0.39, 0.29) is 0 Å². The van der Waals surface area contributed by atoms with Crippen LogP contribution in [0.15, 0.2) is 10.7 Å². The molecule has 0 aliphatic rings. The third-order valence-electron chi connectivity index (χ3n) is 1.53. The first kappa shape index (κ1) is 10.3. The lowest BCUT2D eigenvalue weighted by atomic mass is 10.2. The summed E-state index contributed by atoms with van der Waals surface area (Å²) in [6.07, 6.45) is 3.03. The van der Waals surface area contributed by atoms with E-state index in [4.69, 9.17) is 4.42 Å². The van der Waals surface area contributed by atoms with E-state index in [1.54, 1.807) is 6.26 Å². The minimum Gasteiger partial charge on any atom is -0.469 e. The first-order valence-electron chi connectivity index (χ1n) is 4.14. The van der Waals surface area contributed by atoms with Crippen LogP contribution in [0.4, 0.5) is 0 Å². The molecular weight excluding hydrogens is 136 g/mol. The fourth-order valence-electron chi connectivity index (χ4n) is 0.631. The zero-order valence-electron chi connectivity index (χ0n) is 8.19. The minimum absolute atomic E-state index is 1.03. The maximum atomic E-state index is 5.09. The summed E-state index contributed by atoms with van der Waals surface area (Å²) in [5, 5.41) is 0. The summed E-state index contributed by atoms with van der Waals surface area (Å²) in [6, 6.07) is 0. The molecule has 1 nitrogen and oxygen atoms in total. The molecule has 0 amide bonds. The highest BCUT2D eigenvalue weighted by Crippen LogP contribution is 2.12. The first-order chi connectivity index (χ1) is 5.13. The molecule has 0 unspecified atom stereocenters. The Bertz CT molecular complexity index is 179. The van der Waals surface area contributed by atoms with E-state index in [1.165, 1.54) is 17.5 Å². The zero-order valence-corrected chi connectivity index (χ0v) is 8.19. The van der Waals surface area contributed by atoms with Crippen LogP contribution in [0, 0.1) is 20.8 Å². The first-order valence-corrected chi connectivity index (χ1v) is 4.14. The molecule has 11 heavy (non-hydrogen) atoms. The lowest BCUT2D eigenvalue weighted by Crippen LogP contribution is -1.71. The van der Waals surface area contributed by atoms with E-state index < -0.39 is 0 Å². The van der Waals surface area contributed by atoms with Crippen molar-refractivity contribution in [2.45, 2.75) is 41.0 Å². The molecule has 1 aromatic heterocycles. The lowest BCUT2D eigenvalue weighted by molar-refractivity contribution is 0.530. The summed E-state index contributed by atoms with van der Waals surface area (Å²) in [7, 11) is 0. The smallest absolute Gasteiger partial charge is 0.103 e. The van der Waals surface area contributed by atoms with Gasteiger partial charge in [0.15, 0.2) is 0 Å². The van der Waals surface area contributed by atoms with Crippen LogP contribution in [-0.4, -0.2) is 0 Å². The largest absolute Gasteiger partial charge is 0.469 e. The van der Waals surface area contributed by atoms with Crippen LogP contribution < -0.4 is 0 Å². The van der Waals surface area contributed by atoms with Gasteiger partial charge >= 0.3 is 0 Å². The van der Waals surface area contributed by atoms with Crippen molar-refractivity contribution in [2.24, 2.45) is 0 Å². The minimum atomic E-state index is 1.03. The SMILES string of the molecule is CCC.Cc1coc(C)c1C. The predicted octanol–water partition coefficient (Wildman–Crippen LogP) is 3.62. The fourth-order valence-corrected chi connectivity index (χ4v) is 0.631. The average molecular weight is 154 g/mol. The van der Waals surface area contributed by atoms with E-state index in [0.717, 1.165) is 5.76 Å². The predicted molar refractivity (Wildman–Crippen MR) is 48.9 cm³/mol. The number of hydrogen-bond acceptors (Lipinski definition) is 1. The quantitative estimate of drug-likeness (QED) is 0.556. The van der Waals surface area contributed by atoms with Gasteiger partial charge in [-0.2, -0.15) is 0 Å². The van der Waals surface area contributed by atoms with E-state index in [1.807, 2.05) is 13.8 Å². The third-order valence-corrected chi connectivity index (χ3v) is 1.53. The topological polar surface area (TPSA) is 13.1 Å². The second-order valence-corrected chi connectivity index (χ2v) is 2.81. The van der Waals surface area contributed by atoms with Gasteiger partial charge in [-0.15, -0.1) is 0 Å². The van der Waals surface area contributed by atoms with Crippen LogP contribution in [0.1, 0.15) is 37.2 Å². The van der Waals surface area contributed by atoms with Crippen LogP contribution in [0.5, 0.6) is 0 Å². The van der Waals surface area contributed by atoms with Crippen molar-refractivity contribution in [1.82, 2.24) is 0 Å². The summed E-state index contributed by atoms with van der Waals surface area (Å²) in [6.45, 7) is 10.3. The van der Waals surface area contributed by atoms with Gasteiger partial charge in [0, 0.05) is 0 Å². The molecule has 0 N–H and O–H groups in total. The number of aryl methyl sites for hydroxylation is 2. The van der Waals surface area contributed by atoms with Crippen LogP contribution in [-0.2, 0) is 0 Å². The molecule has 0 aliphatic carbocycles. The molecule has 0 aliphatic heterocycles. The Morgan fingerprint density at radius 2 is 1.64 bits per heavy atom. The van der Waals surface area contributed by atoms with Crippen molar-refractivity contribution in [3.05, 3.63) is 23.2 Å². The van der Waals surface area contributed by atoms with Crippen molar-refractivity contribution < 1.29 is 4.42 Å². The molecule has 0 saturated heterocycles. The molecule has 0 aromatic carbocycles. The molecule has 1 heterocycles.